The van der Waals surface area contributed by atoms with E-state index in [0.717, 1.165) is 49.1 Å². The highest BCUT2D eigenvalue weighted by atomic mass is 127. The van der Waals surface area contributed by atoms with Gasteiger partial charge in [0.25, 0.3) is 0 Å². The summed E-state index contributed by atoms with van der Waals surface area (Å²) in [5.74, 6) is 0.868. The maximum absolute atomic E-state index is 5.91. The second-order valence-corrected chi connectivity index (χ2v) is 7.74. The van der Waals surface area contributed by atoms with Gasteiger partial charge in [-0.2, -0.15) is 0 Å². The highest BCUT2D eigenvalue weighted by Crippen LogP contribution is 2.17. The number of aryl methyl sites for hydroxylation is 2. The number of nitrogens with one attached hydrogen (secondary N) is 2. The number of hydrogen-bond donors (Lipinski definition) is 2. The van der Waals surface area contributed by atoms with Crippen molar-refractivity contribution in [2.24, 2.45) is 4.99 Å². The maximum atomic E-state index is 5.91. The number of thiazole rings is 1. The molecule has 5 nitrogen and oxygen atoms in total. The Kier molecular flexibility index (Phi) is 12.3. The van der Waals surface area contributed by atoms with Gasteiger partial charge in [0.2, 0.25) is 0 Å². The molecule has 1 aromatic heterocycles. The number of nitrogens with zero attached hydrogens (tertiary/aromatic N) is 2. The molecular weight excluding hydrogens is 483 g/mol. The molecule has 1 unspecified atom stereocenters. The zero-order valence-electron chi connectivity index (χ0n) is 17.3. The lowest BCUT2D eigenvalue weighted by Crippen LogP contribution is -2.38. The number of hydrogen-bond acceptors (Lipinski definition) is 4. The summed E-state index contributed by atoms with van der Waals surface area (Å²) < 4.78 is 5.91. The summed E-state index contributed by atoms with van der Waals surface area (Å²) >= 11 is 1.78. The summed E-state index contributed by atoms with van der Waals surface area (Å²) in [6.07, 6.45) is 1.99. The van der Waals surface area contributed by atoms with E-state index in [9.17, 15) is 0 Å². The third-order valence-electron chi connectivity index (χ3n) is 4.20. The molecule has 0 amide bonds. The number of aliphatic imine (C=N–C) groups is 1. The van der Waals surface area contributed by atoms with E-state index in [1.54, 1.807) is 11.3 Å². The van der Waals surface area contributed by atoms with E-state index in [2.05, 4.69) is 60.4 Å². The van der Waals surface area contributed by atoms with Crippen LogP contribution < -0.4 is 10.6 Å². The van der Waals surface area contributed by atoms with Crippen LogP contribution in [0.3, 0.4) is 0 Å². The zero-order chi connectivity index (χ0) is 19.5. The van der Waals surface area contributed by atoms with Gasteiger partial charge >= 0.3 is 0 Å². The molecule has 2 aromatic rings. The molecule has 1 atom stereocenters. The van der Waals surface area contributed by atoms with E-state index in [1.165, 1.54) is 10.4 Å². The molecule has 0 saturated heterocycles. The van der Waals surface area contributed by atoms with Crippen molar-refractivity contribution in [1.29, 1.82) is 0 Å². The second-order valence-electron chi connectivity index (χ2n) is 6.46. The van der Waals surface area contributed by atoms with Crippen molar-refractivity contribution in [2.45, 2.75) is 46.6 Å². The minimum atomic E-state index is 0. The maximum Gasteiger partial charge on any atom is 0.191 e. The Balaban J connectivity index is 0.00000392. The summed E-state index contributed by atoms with van der Waals surface area (Å²) in [6, 6.07) is 10.3. The first-order valence-corrected chi connectivity index (χ1v) is 10.5. The lowest BCUT2D eigenvalue weighted by atomic mass is 10.1. The van der Waals surface area contributed by atoms with Crippen LogP contribution in [0.4, 0.5) is 0 Å². The minimum absolute atomic E-state index is 0. The van der Waals surface area contributed by atoms with E-state index in [-0.39, 0.29) is 30.1 Å². The van der Waals surface area contributed by atoms with Gasteiger partial charge < -0.3 is 15.4 Å². The fraction of sp³-hybridized carbons (Fsp3) is 0.524. The van der Waals surface area contributed by atoms with Gasteiger partial charge in [0.15, 0.2) is 5.96 Å². The molecule has 0 bridgehead atoms. The van der Waals surface area contributed by atoms with Crippen LogP contribution in [0, 0.1) is 13.8 Å². The molecular formula is C21H33IN4OS. The Labute approximate surface area is 190 Å². The number of rotatable bonds is 10. The van der Waals surface area contributed by atoms with Gasteiger partial charge in [0, 0.05) is 37.5 Å². The van der Waals surface area contributed by atoms with Crippen LogP contribution in [0.25, 0.3) is 0 Å². The highest BCUT2D eigenvalue weighted by Gasteiger charge is 2.06. The number of benzene rings is 1. The smallest absolute Gasteiger partial charge is 0.191 e. The second kappa shape index (κ2) is 13.9. The van der Waals surface area contributed by atoms with Crippen molar-refractivity contribution in [3.8, 4) is 0 Å². The van der Waals surface area contributed by atoms with Gasteiger partial charge in [-0.1, -0.05) is 30.3 Å². The van der Waals surface area contributed by atoms with Crippen molar-refractivity contribution in [3.05, 3.63) is 51.5 Å². The topological polar surface area (TPSA) is 58.5 Å². The highest BCUT2D eigenvalue weighted by molar-refractivity contribution is 14.0. The molecule has 156 valence electrons. The van der Waals surface area contributed by atoms with Crippen LogP contribution in [-0.4, -0.2) is 37.2 Å². The molecule has 2 N–H and O–H groups in total. The summed E-state index contributed by atoms with van der Waals surface area (Å²) in [6.45, 7) is 11.5. The average molecular weight is 516 g/mol. The fourth-order valence-corrected chi connectivity index (χ4v) is 3.71. The van der Waals surface area contributed by atoms with Crippen molar-refractivity contribution in [1.82, 2.24) is 15.6 Å². The first kappa shape index (κ1) is 24.8. The molecule has 0 spiro atoms. The summed E-state index contributed by atoms with van der Waals surface area (Å²) in [5.41, 5.74) is 2.36. The van der Waals surface area contributed by atoms with Gasteiger partial charge in [-0.15, -0.1) is 35.3 Å². The molecule has 7 heteroatoms. The molecule has 2 rings (SSSR count). The third kappa shape index (κ3) is 8.87. The summed E-state index contributed by atoms with van der Waals surface area (Å²) in [7, 11) is 0. The van der Waals surface area contributed by atoms with Crippen LogP contribution in [-0.2, 0) is 11.2 Å². The van der Waals surface area contributed by atoms with E-state index >= 15 is 0 Å². The van der Waals surface area contributed by atoms with Crippen molar-refractivity contribution in [3.63, 3.8) is 0 Å². The molecule has 28 heavy (non-hydrogen) atoms. The van der Waals surface area contributed by atoms with Crippen molar-refractivity contribution in [2.75, 3.05) is 26.2 Å². The zero-order valence-corrected chi connectivity index (χ0v) is 20.5. The van der Waals surface area contributed by atoms with Crippen molar-refractivity contribution < 1.29 is 4.74 Å². The normalized spacial score (nSPS) is 12.4. The van der Waals surface area contributed by atoms with Gasteiger partial charge in [-0.3, -0.25) is 4.99 Å². The van der Waals surface area contributed by atoms with Gasteiger partial charge in [0.1, 0.15) is 0 Å². The first-order valence-electron chi connectivity index (χ1n) is 9.71. The Hall–Kier alpha value is -1.19. The number of halogens is 1. The van der Waals surface area contributed by atoms with E-state index in [4.69, 9.17) is 4.74 Å². The molecule has 0 aliphatic heterocycles. The van der Waals surface area contributed by atoms with Gasteiger partial charge in [-0.05, 0) is 39.7 Å². The van der Waals surface area contributed by atoms with E-state index in [1.807, 2.05) is 18.2 Å². The summed E-state index contributed by atoms with van der Waals surface area (Å²) in [5, 5.41) is 7.84. The predicted octanol–water partition coefficient (Wildman–Crippen LogP) is 4.64. The van der Waals surface area contributed by atoms with Gasteiger partial charge in [-0.25, -0.2) is 4.98 Å². The first-order chi connectivity index (χ1) is 13.1. The molecule has 1 heterocycles. The Bertz CT molecular complexity index is 706. The van der Waals surface area contributed by atoms with Crippen LogP contribution in [0.2, 0.25) is 0 Å². The number of guanidine groups is 1. The Morgan fingerprint density at radius 3 is 2.61 bits per heavy atom. The predicted molar refractivity (Wildman–Crippen MR) is 130 cm³/mol. The molecule has 0 aliphatic rings. The lowest BCUT2D eigenvalue weighted by molar-refractivity contribution is 0.0652. The van der Waals surface area contributed by atoms with Crippen LogP contribution in [0.1, 0.15) is 47.5 Å². The van der Waals surface area contributed by atoms with Crippen LogP contribution >= 0.6 is 35.3 Å². The quantitative estimate of drug-likeness (QED) is 0.209. The minimum Gasteiger partial charge on any atom is -0.374 e. The van der Waals surface area contributed by atoms with Gasteiger partial charge in [0.05, 0.1) is 16.8 Å². The summed E-state index contributed by atoms with van der Waals surface area (Å²) in [4.78, 5) is 10.5. The van der Waals surface area contributed by atoms with E-state index < -0.39 is 0 Å². The number of aromatic nitrogens is 1. The van der Waals surface area contributed by atoms with E-state index in [0.29, 0.717) is 6.61 Å². The van der Waals surface area contributed by atoms with Crippen LogP contribution in [0.5, 0.6) is 0 Å². The standard InChI is InChI=1S/C21H32N4OS.HI/c1-5-22-21(24-14-12-20-16(2)25-18(4)27-20)23-13-9-15-26-17(3)19-10-7-6-8-11-19;/h6-8,10-11,17H,5,9,12-15H2,1-4H3,(H2,22,23,24);1H. The monoisotopic (exact) mass is 516 g/mol. The molecule has 0 saturated carbocycles. The number of ether oxygens (including phenoxy) is 1. The third-order valence-corrected chi connectivity index (χ3v) is 5.33. The SMILES string of the molecule is CCNC(=NCCCOC(C)c1ccccc1)NCCc1sc(C)nc1C.I. The molecule has 0 radical (unpaired) electrons. The average Bonchev–Trinajstić information content (AvgIpc) is 2.99. The van der Waals surface area contributed by atoms with Crippen molar-refractivity contribution >= 4 is 41.3 Å². The Morgan fingerprint density at radius 2 is 1.96 bits per heavy atom. The molecule has 0 aliphatic carbocycles. The largest absolute Gasteiger partial charge is 0.374 e. The fourth-order valence-electron chi connectivity index (χ4n) is 2.78. The molecule has 1 aromatic carbocycles. The molecule has 0 fully saturated rings. The Morgan fingerprint density at radius 1 is 1.21 bits per heavy atom. The lowest BCUT2D eigenvalue weighted by Gasteiger charge is -2.13. The van der Waals surface area contributed by atoms with Crippen LogP contribution in [0.15, 0.2) is 35.3 Å².